The van der Waals surface area contributed by atoms with Gasteiger partial charge in [0.1, 0.15) is 5.38 Å². The average molecular weight is 285 g/mol. The molecule has 0 aliphatic rings. The molecule has 1 unspecified atom stereocenters. The van der Waals surface area contributed by atoms with Crippen molar-refractivity contribution in [1.29, 1.82) is 0 Å². The third-order valence-corrected chi connectivity index (χ3v) is 3.23. The van der Waals surface area contributed by atoms with E-state index >= 15 is 0 Å². The quantitative estimate of drug-likeness (QED) is 0.532. The summed E-state index contributed by atoms with van der Waals surface area (Å²) in [5, 5.41) is -0.635. The van der Waals surface area contributed by atoms with Gasteiger partial charge in [0, 0.05) is 0 Å². The Labute approximate surface area is 119 Å². The summed E-state index contributed by atoms with van der Waals surface area (Å²) in [5.74, 6) is 1.26. The van der Waals surface area contributed by atoms with Crippen molar-refractivity contribution in [2.24, 2.45) is 0 Å². The number of ketones is 1. The van der Waals surface area contributed by atoms with Crippen LogP contribution < -0.4 is 9.47 Å². The Balaban J connectivity index is 2.90. The third-order valence-electron chi connectivity index (χ3n) is 2.67. The zero-order valence-electron chi connectivity index (χ0n) is 11.7. The van der Waals surface area contributed by atoms with E-state index in [1.54, 1.807) is 6.07 Å². The second-order valence-corrected chi connectivity index (χ2v) is 4.75. The number of unbranched alkanes of at least 4 members (excludes halogenated alkanes) is 1. The van der Waals surface area contributed by atoms with Crippen molar-refractivity contribution in [3.8, 4) is 11.5 Å². The zero-order valence-corrected chi connectivity index (χ0v) is 12.5. The summed E-state index contributed by atoms with van der Waals surface area (Å²) in [4.78, 5) is 11.3. The number of halogens is 1. The van der Waals surface area contributed by atoms with E-state index in [9.17, 15) is 4.79 Å². The Hall–Kier alpha value is -1.22. The minimum absolute atomic E-state index is 0.0798. The maximum atomic E-state index is 11.3. The highest BCUT2D eigenvalue weighted by molar-refractivity contribution is 6.30. The Bertz CT molecular complexity index is 418. The maximum absolute atomic E-state index is 11.3. The van der Waals surface area contributed by atoms with E-state index in [0.717, 1.165) is 18.4 Å². The van der Waals surface area contributed by atoms with E-state index in [4.69, 9.17) is 21.1 Å². The van der Waals surface area contributed by atoms with Gasteiger partial charge in [-0.25, -0.2) is 0 Å². The van der Waals surface area contributed by atoms with Gasteiger partial charge in [0.2, 0.25) is 0 Å². The normalized spacial score (nSPS) is 12.0. The lowest BCUT2D eigenvalue weighted by molar-refractivity contribution is -0.116. The van der Waals surface area contributed by atoms with Gasteiger partial charge in [0.15, 0.2) is 17.3 Å². The van der Waals surface area contributed by atoms with Crippen molar-refractivity contribution < 1.29 is 14.3 Å². The SMILES string of the molecule is CCCCOc1ccc(C(Cl)C(C)=O)cc1OCC. The van der Waals surface area contributed by atoms with Crippen molar-refractivity contribution in [3.63, 3.8) is 0 Å². The van der Waals surface area contributed by atoms with Crippen LogP contribution in [0.2, 0.25) is 0 Å². The Morgan fingerprint density at radius 1 is 1.26 bits per heavy atom. The molecule has 0 N–H and O–H groups in total. The van der Waals surface area contributed by atoms with Crippen LogP contribution in [0, 0.1) is 0 Å². The molecule has 0 bridgehead atoms. The van der Waals surface area contributed by atoms with Gasteiger partial charge in [0.25, 0.3) is 0 Å². The Morgan fingerprint density at radius 2 is 2.00 bits per heavy atom. The molecule has 0 saturated carbocycles. The van der Waals surface area contributed by atoms with E-state index in [1.807, 2.05) is 19.1 Å². The van der Waals surface area contributed by atoms with Gasteiger partial charge in [-0.2, -0.15) is 0 Å². The summed E-state index contributed by atoms with van der Waals surface area (Å²) in [6.45, 7) is 6.70. The number of hydrogen-bond acceptors (Lipinski definition) is 3. The zero-order chi connectivity index (χ0) is 14.3. The van der Waals surface area contributed by atoms with E-state index in [1.165, 1.54) is 6.92 Å². The Morgan fingerprint density at radius 3 is 2.58 bits per heavy atom. The second-order valence-electron chi connectivity index (χ2n) is 4.31. The first-order valence-corrected chi connectivity index (χ1v) is 7.07. The van der Waals surface area contributed by atoms with Crippen LogP contribution in [0.1, 0.15) is 44.6 Å². The van der Waals surface area contributed by atoms with E-state index in [0.29, 0.717) is 24.7 Å². The van der Waals surface area contributed by atoms with Crippen LogP contribution in [0.15, 0.2) is 18.2 Å². The Kier molecular flexibility index (Phi) is 6.71. The first-order chi connectivity index (χ1) is 9.10. The fourth-order valence-electron chi connectivity index (χ4n) is 1.63. The summed E-state index contributed by atoms with van der Waals surface area (Å²) < 4.78 is 11.2. The van der Waals surface area contributed by atoms with Gasteiger partial charge in [-0.05, 0) is 38.0 Å². The van der Waals surface area contributed by atoms with Crippen LogP contribution in [-0.2, 0) is 4.79 Å². The minimum atomic E-state index is -0.635. The van der Waals surface area contributed by atoms with Crippen molar-refractivity contribution in [2.45, 2.75) is 39.0 Å². The highest BCUT2D eigenvalue weighted by atomic mass is 35.5. The number of carbonyl (C=O) groups is 1. The van der Waals surface area contributed by atoms with Crippen molar-refractivity contribution in [1.82, 2.24) is 0 Å². The van der Waals surface area contributed by atoms with Gasteiger partial charge in [-0.1, -0.05) is 19.4 Å². The molecule has 3 nitrogen and oxygen atoms in total. The lowest BCUT2D eigenvalue weighted by atomic mass is 10.1. The molecule has 0 spiro atoms. The summed E-state index contributed by atoms with van der Waals surface area (Å²) in [7, 11) is 0. The number of carbonyl (C=O) groups excluding carboxylic acids is 1. The van der Waals surface area contributed by atoms with Crippen molar-refractivity contribution in [2.75, 3.05) is 13.2 Å². The number of alkyl halides is 1. The van der Waals surface area contributed by atoms with Crippen LogP contribution in [0.25, 0.3) is 0 Å². The fraction of sp³-hybridized carbons (Fsp3) is 0.533. The predicted molar refractivity (Wildman–Crippen MR) is 77.3 cm³/mol. The van der Waals surface area contributed by atoms with Crippen LogP contribution in [0.5, 0.6) is 11.5 Å². The van der Waals surface area contributed by atoms with Crippen LogP contribution in [0.4, 0.5) is 0 Å². The van der Waals surface area contributed by atoms with Crippen LogP contribution in [0.3, 0.4) is 0 Å². The molecule has 0 heterocycles. The lowest BCUT2D eigenvalue weighted by Crippen LogP contribution is -2.04. The monoisotopic (exact) mass is 284 g/mol. The molecule has 0 aromatic heterocycles. The molecule has 0 saturated heterocycles. The molecular formula is C15H21ClO3. The maximum Gasteiger partial charge on any atom is 0.161 e. The topological polar surface area (TPSA) is 35.5 Å². The number of benzene rings is 1. The average Bonchev–Trinajstić information content (AvgIpc) is 2.40. The summed E-state index contributed by atoms with van der Waals surface area (Å²) in [6, 6.07) is 5.40. The third kappa shape index (κ3) is 4.75. The predicted octanol–water partition coefficient (Wildman–Crippen LogP) is 4.13. The summed E-state index contributed by atoms with van der Waals surface area (Å²) in [6.07, 6.45) is 2.08. The van der Waals surface area contributed by atoms with Gasteiger partial charge in [-0.15, -0.1) is 11.6 Å². The number of rotatable bonds is 8. The van der Waals surface area contributed by atoms with E-state index in [2.05, 4.69) is 6.92 Å². The van der Waals surface area contributed by atoms with E-state index in [-0.39, 0.29) is 5.78 Å². The summed E-state index contributed by atoms with van der Waals surface area (Å²) >= 11 is 6.05. The molecule has 19 heavy (non-hydrogen) atoms. The standard InChI is InChI=1S/C15H21ClO3/c1-4-6-9-19-13-8-7-12(15(16)11(3)17)10-14(13)18-5-2/h7-8,10,15H,4-6,9H2,1-3H3. The highest BCUT2D eigenvalue weighted by Gasteiger charge is 2.16. The molecule has 0 fully saturated rings. The number of hydrogen-bond donors (Lipinski definition) is 0. The van der Waals surface area contributed by atoms with Crippen LogP contribution in [-0.4, -0.2) is 19.0 Å². The lowest BCUT2D eigenvalue weighted by Gasteiger charge is -2.14. The second kappa shape index (κ2) is 8.05. The summed E-state index contributed by atoms with van der Waals surface area (Å²) in [5.41, 5.74) is 0.737. The van der Waals surface area contributed by atoms with Gasteiger partial charge >= 0.3 is 0 Å². The fourth-order valence-corrected chi connectivity index (χ4v) is 1.77. The van der Waals surface area contributed by atoms with Crippen molar-refractivity contribution in [3.05, 3.63) is 23.8 Å². The largest absolute Gasteiger partial charge is 0.490 e. The van der Waals surface area contributed by atoms with Crippen LogP contribution >= 0.6 is 11.6 Å². The molecule has 0 amide bonds. The molecular weight excluding hydrogens is 264 g/mol. The van der Waals surface area contributed by atoms with Gasteiger partial charge in [-0.3, -0.25) is 4.79 Å². The smallest absolute Gasteiger partial charge is 0.161 e. The van der Waals surface area contributed by atoms with Gasteiger partial charge in [0.05, 0.1) is 13.2 Å². The molecule has 0 radical (unpaired) electrons. The molecule has 4 heteroatoms. The molecule has 106 valence electrons. The van der Waals surface area contributed by atoms with Gasteiger partial charge < -0.3 is 9.47 Å². The molecule has 1 aromatic carbocycles. The number of ether oxygens (including phenoxy) is 2. The molecule has 1 atom stereocenters. The molecule has 0 aliphatic heterocycles. The minimum Gasteiger partial charge on any atom is -0.490 e. The van der Waals surface area contributed by atoms with Crippen molar-refractivity contribution >= 4 is 17.4 Å². The first kappa shape index (κ1) is 15.8. The molecule has 0 aliphatic carbocycles. The molecule has 1 aromatic rings. The first-order valence-electron chi connectivity index (χ1n) is 6.64. The van der Waals surface area contributed by atoms with E-state index < -0.39 is 5.38 Å². The molecule has 1 rings (SSSR count). The number of Topliss-reactive ketones (excluding diaryl/α,β-unsaturated/α-hetero) is 1. The highest BCUT2D eigenvalue weighted by Crippen LogP contribution is 2.33.